The number of carbonyl (C=O) groups is 2. The maximum atomic E-state index is 11.8. The lowest BCUT2D eigenvalue weighted by Crippen LogP contribution is -2.43. The van der Waals surface area contributed by atoms with Crippen molar-refractivity contribution in [2.45, 2.75) is 38.8 Å². The van der Waals surface area contributed by atoms with Crippen molar-refractivity contribution in [1.82, 2.24) is 10.6 Å². The van der Waals surface area contributed by atoms with Crippen LogP contribution in [0.4, 0.5) is 0 Å². The summed E-state index contributed by atoms with van der Waals surface area (Å²) in [5.41, 5.74) is 0.995. The SMILES string of the molecule is CCCC(NCC(=O)NC(C)c1ccc(Br)cc1)C(=O)O. The number of benzene rings is 1. The fourth-order valence-corrected chi connectivity index (χ4v) is 2.21. The number of amides is 1. The van der Waals surface area contributed by atoms with E-state index >= 15 is 0 Å². The third-order valence-electron chi connectivity index (χ3n) is 3.13. The topological polar surface area (TPSA) is 78.4 Å². The molecule has 1 aromatic carbocycles. The highest BCUT2D eigenvalue weighted by molar-refractivity contribution is 9.10. The van der Waals surface area contributed by atoms with Gasteiger partial charge >= 0.3 is 5.97 Å². The molecule has 0 aromatic heterocycles. The second kappa shape index (κ2) is 8.79. The maximum Gasteiger partial charge on any atom is 0.320 e. The molecule has 0 fully saturated rings. The zero-order valence-electron chi connectivity index (χ0n) is 12.2. The Labute approximate surface area is 133 Å². The molecule has 0 aliphatic rings. The Bertz CT molecular complexity index is 476. The zero-order valence-corrected chi connectivity index (χ0v) is 13.8. The number of hydrogen-bond donors (Lipinski definition) is 3. The van der Waals surface area contributed by atoms with Crippen molar-refractivity contribution in [3.63, 3.8) is 0 Å². The van der Waals surface area contributed by atoms with Crippen molar-refractivity contribution in [2.24, 2.45) is 0 Å². The Balaban J connectivity index is 2.45. The van der Waals surface area contributed by atoms with Gasteiger partial charge in [0.1, 0.15) is 6.04 Å². The number of aliphatic carboxylic acids is 1. The number of halogens is 1. The monoisotopic (exact) mass is 356 g/mol. The Morgan fingerprint density at radius 2 is 1.90 bits per heavy atom. The van der Waals surface area contributed by atoms with Gasteiger partial charge < -0.3 is 10.4 Å². The molecule has 1 rings (SSSR count). The Morgan fingerprint density at radius 1 is 1.29 bits per heavy atom. The molecule has 6 heteroatoms. The average Bonchev–Trinajstić information content (AvgIpc) is 2.43. The van der Waals surface area contributed by atoms with Gasteiger partial charge in [-0.3, -0.25) is 14.9 Å². The predicted octanol–water partition coefficient (Wildman–Crippen LogP) is 2.47. The summed E-state index contributed by atoms with van der Waals surface area (Å²) in [6.07, 6.45) is 1.26. The van der Waals surface area contributed by atoms with Gasteiger partial charge in [-0.05, 0) is 31.0 Å². The summed E-state index contributed by atoms with van der Waals surface area (Å²) in [4.78, 5) is 22.8. The Morgan fingerprint density at radius 3 is 2.43 bits per heavy atom. The van der Waals surface area contributed by atoms with Crippen LogP contribution in [0.1, 0.15) is 38.3 Å². The first-order chi connectivity index (χ1) is 9.93. The molecule has 5 nitrogen and oxygen atoms in total. The summed E-state index contributed by atoms with van der Waals surface area (Å²) in [5.74, 6) is -1.14. The van der Waals surface area contributed by atoms with Gasteiger partial charge in [-0.1, -0.05) is 41.4 Å². The summed E-state index contributed by atoms with van der Waals surface area (Å²) in [5, 5.41) is 14.6. The van der Waals surface area contributed by atoms with Gasteiger partial charge in [0, 0.05) is 4.47 Å². The minimum absolute atomic E-state index is 0.00215. The summed E-state index contributed by atoms with van der Waals surface area (Å²) in [6, 6.07) is 6.89. The molecule has 1 amide bonds. The standard InChI is InChI=1S/C15H21BrN2O3/c1-3-4-13(15(20)21)17-9-14(19)18-10(2)11-5-7-12(16)8-6-11/h5-8,10,13,17H,3-4,9H2,1-2H3,(H,18,19)(H,20,21). The molecule has 1 aromatic rings. The lowest BCUT2D eigenvalue weighted by molar-refractivity contribution is -0.139. The molecule has 116 valence electrons. The lowest BCUT2D eigenvalue weighted by atomic mass is 10.1. The first-order valence-corrected chi connectivity index (χ1v) is 7.74. The van der Waals surface area contributed by atoms with E-state index in [-0.39, 0.29) is 18.5 Å². The van der Waals surface area contributed by atoms with Crippen molar-refractivity contribution in [2.75, 3.05) is 6.54 Å². The van der Waals surface area contributed by atoms with Crippen molar-refractivity contribution < 1.29 is 14.7 Å². The summed E-state index contributed by atoms with van der Waals surface area (Å²) in [7, 11) is 0. The van der Waals surface area contributed by atoms with Crippen LogP contribution in [-0.2, 0) is 9.59 Å². The van der Waals surface area contributed by atoms with E-state index in [1.54, 1.807) is 0 Å². The third-order valence-corrected chi connectivity index (χ3v) is 3.66. The van der Waals surface area contributed by atoms with Gasteiger partial charge in [-0.2, -0.15) is 0 Å². The molecule has 0 bridgehead atoms. The molecular weight excluding hydrogens is 336 g/mol. The highest BCUT2D eigenvalue weighted by Crippen LogP contribution is 2.16. The van der Waals surface area contributed by atoms with Gasteiger partial charge in [0.2, 0.25) is 5.91 Å². The second-order valence-corrected chi connectivity index (χ2v) is 5.82. The highest BCUT2D eigenvalue weighted by atomic mass is 79.9. The van der Waals surface area contributed by atoms with Crippen LogP contribution < -0.4 is 10.6 Å². The highest BCUT2D eigenvalue weighted by Gasteiger charge is 2.17. The maximum absolute atomic E-state index is 11.8. The smallest absolute Gasteiger partial charge is 0.320 e. The van der Waals surface area contributed by atoms with E-state index in [0.717, 1.165) is 16.5 Å². The number of carbonyl (C=O) groups excluding carboxylic acids is 1. The van der Waals surface area contributed by atoms with Crippen molar-refractivity contribution in [3.8, 4) is 0 Å². The fourth-order valence-electron chi connectivity index (χ4n) is 1.94. The number of hydrogen-bond acceptors (Lipinski definition) is 3. The summed E-state index contributed by atoms with van der Waals surface area (Å²) in [6.45, 7) is 3.80. The van der Waals surface area contributed by atoms with Crippen molar-refractivity contribution in [1.29, 1.82) is 0 Å². The van der Waals surface area contributed by atoms with Gasteiger partial charge in [0.25, 0.3) is 0 Å². The molecule has 0 aliphatic carbocycles. The van der Waals surface area contributed by atoms with E-state index in [1.807, 2.05) is 38.1 Å². The van der Waals surface area contributed by atoms with Gasteiger partial charge in [0.15, 0.2) is 0 Å². The van der Waals surface area contributed by atoms with Crippen LogP contribution in [0.5, 0.6) is 0 Å². The number of carboxylic acid groups (broad SMARTS) is 1. The molecule has 0 aliphatic heterocycles. The minimum atomic E-state index is -0.925. The van der Waals surface area contributed by atoms with Crippen LogP contribution in [0.25, 0.3) is 0 Å². The second-order valence-electron chi connectivity index (χ2n) is 4.90. The van der Waals surface area contributed by atoms with E-state index in [1.165, 1.54) is 0 Å². The Hall–Kier alpha value is -1.40. The van der Waals surface area contributed by atoms with E-state index < -0.39 is 12.0 Å². The molecule has 0 saturated heterocycles. The van der Waals surface area contributed by atoms with Gasteiger partial charge in [-0.25, -0.2) is 0 Å². The van der Waals surface area contributed by atoms with E-state index in [2.05, 4.69) is 26.6 Å². The molecule has 0 heterocycles. The first kappa shape index (κ1) is 17.7. The normalized spacial score (nSPS) is 13.5. The number of carboxylic acids is 1. The van der Waals surface area contributed by atoms with Crippen molar-refractivity contribution in [3.05, 3.63) is 34.3 Å². The van der Waals surface area contributed by atoms with Gasteiger partial charge in [0.05, 0.1) is 12.6 Å². The lowest BCUT2D eigenvalue weighted by Gasteiger charge is -2.17. The van der Waals surface area contributed by atoms with Crippen LogP contribution >= 0.6 is 15.9 Å². The number of nitrogens with one attached hydrogen (secondary N) is 2. The molecule has 3 N–H and O–H groups in total. The predicted molar refractivity (Wildman–Crippen MR) is 85.0 cm³/mol. The molecule has 2 unspecified atom stereocenters. The largest absolute Gasteiger partial charge is 0.480 e. The van der Waals surface area contributed by atoms with E-state index in [4.69, 9.17) is 5.11 Å². The number of rotatable bonds is 8. The van der Waals surface area contributed by atoms with Crippen molar-refractivity contribution >= 4 is 27.8 Å². The summed E-state index contributed by atoms with van der Waals surface area (Å²) >= 11 is 3.36. The molecule has 0 saturated carbocycles. The molecule has 2 atom stereocenters. The van der Waals surface area contributed by atoms with Crippen LogP contribution in [-0.4, -0.2) is 29.6 Å². The summed E-state index contributed by atoms with van der Waals surface area (Å²) < 4.78 is 0.982. The molecule has 0 radical (unpaired) electrons. The zero-order chi connectivity index (χ0) is 15.8. The molecular formula is C15H21BrN2O3. The minimum Gasteiger partial charge on any atom is -0.480 e. The van der Waals surface area contributed by atoms with Gasteiger partial charge in [-0.15, -0.1) is 0 Å². The van der Waals surface area contributed by atoms with E-state index in [9.17, 15) is 9.59 Å². The van der Waals surface area contributed by atoms with Crippen LogP contribution in [0.15, 0.2) is 28.7 Å². The third kappa shape index (κ3) is 6.27. The first-order valence-electron chi connectivity index (χ1n) is 6.95. The van der Waals surface area contributed by atoms with Crippen LogP contribution in [0.3, 0.4) is 0 Å². The fraction of sp³-hybridized carbons (Fsp3) is 0.467. The van der Waals surface area contributed by atoms with Crippen LogP contribution in [0, 0.1) is 0 Å². The molecule has 21 heavy (non-hydrogen) atoms. The molecule has 0 spiro atoms. The van der Waals surface area contributed by atoms with Crippen LogP contribution in [0.2, 0.25) is 0 Å². The van der Waals surface area contributed by atoms with E-state index in [0.29, 0.717) is 6.42 Å². The Kier molecular flexibility index (Phi) is 7.39. The quantitative estimate of drug-likeness (QED) is 0.668. The average molecular weight is 357 g/mol.